The minimum absolute atomic E-state index is 0.179. The van der Waals surface area contributed by atoms with Gasteiger partial charge in [0, 0.05) is 22.5 Å². The van der Waals surface area contributed by atoms with E-state index in [0.717, 1.165) is 42.5 Å². The van der Waals surface area contributed by atoms with E-state index < -0.39 is 0 Å². The van der Waals surface area contributed by atoms with Gasteiger partial charge in [-0.2, -0.15) is 0 Å². The topological polar surface area (TPSA) is 20.3 Å². The molecule has 22 heavy (non-hydrogen) atoms. The van der Waals surface area contributed by atoms with Crippen LogP contribution in [-0.2, 0) is 6.54 Å². The average Bonchev–Trinajstić information content (AvgIpc) is 2.58. The third-order valence-corrected chi connectivity index (χ3v) is 5.14. The zero-order chi connectivity index (χ0) is 15.4. The summed E-state index contributed by atoms with van der Waals surface area (Å²) in [6.45, 7) is 2.93. The summed E-state index contributed by atoms with van der Waals surface area (Å²) in [7, 11) is 0. The maximum absolute atomic E-state index is 12.5. The smallest absolute Gasteiger partial charge is 0.166 e. The molecular formula is C19H20BrNO. The quantitative estimate of drug-likeness (QED) is 0.748. The number of nitrogens with zero attached hydrogens (tertiary/aromatic N) is 1. The lowest BCUT2D eigenvalue weighted by Gasteiger charge is -2.31. The summed E-state index contributed by atoms with van der Waals surface area (Å²) in [6, 6.07) is 18.0. The van der Waals surface area contributed by atoms with E-state index in [1.165, 1.54) is 5.56 Å². The highest BCUT2D eigenvalue weighted by Gasteiger charge is 2.25. The van der Waals surface area contributed by atoms with Crippen molar-refractivity contribution in [3.8, 4) is 0 Å². The fraction of sp³-hybridized carbons (Fsp3) is 0.316. The Morgan fingerprint density at radius 3 is 2.32 bits per heavy atom. The molecule has 114 valence electrons. The Morgan fingerprint density at radius 2 is 1.64 bits per heavy atom. The van der Waals surface area contributed by atoms with Crippen molar-refractivity contribution in [1.29, 1.82) is 0 Å². The number of benzene rings is 2. The standard InChI is InChI=1S/C19H20BrNO/c20-18-9-5-4-8-17(18)14-21-12-10-16(11-13-21)19(22)15-6-2-1-3-7-15/h1-9,16H,10-14H2. The largest absolute Gasteiger partial charge is 0.299 e. The zero-order valence-electron chi connectivity index (χ0n) is 12.5. The van der Waals surface area contributed by atoms with Crippen molar-refractivity contribution >= 4 is 21.7 Å². The van der Waals surface area contributed by atoms with E-state index >= 15 is 0 Å². The van der Waals surface area contributed by atoms with Gasteiger partial charge in [0.05, 0.1) is 0 Å². The fourth-order valence-electron chi connectivity index (χ4n) is 3.06. The number of carbonyl (C=O) groups is 1. The van der Waals surface area contributed by atoms with Gasteiger partial charge in [-0.25, -0.2) is 0 Å². The van der Waals surface area contributed by atoms with E-state index in [1.54, 1.807) is 0 Å². The molecule has 0 aromatic heterocycles. The lowest BCUT2D eigenvalue weighted by Crippen LogP contribution is -2.36. The molecule has 0 saturated carbocycles. The van der Waals surface area contributed by atoms with E-state index in [4.69, 9.17) is 0 Å². The second kappa shape index (κ2) is 7.21. The highest BCUT2D eigenvalue weighted by Crippen LogP contribution is 2.24. The van der Waals surface area contributed by atoms with Crippen LogP contribution in [0.3, 0.4) is 0 Å². The van der Waals surface area contributed by atoms with E-state index in [-0.39, 0.29) is 5.92 Å². The third kappa shape index (κ3) is 3.65. The van der Waals surface area contributed by atoms with E-state index in [1.807, 2.05) is 36.4 Å². The van der Waals surface area contributed by atoms with E-state index in [0.29, 0.717) is 5.78 Å². The highest BCUT2D eigenvalue weighted by atomic mass is 79.9. The molecule has 0 radical (unpaired) electrons. The van der Waals surface area contributed by atoms with Gasteiger partial charge < -0.3 is 0 Å². The molecule has 1 saturated heterocycles. The Balaban J connectivity index is 1.57. The first-order valence-electron chi connectivity index (χ1n) is 7.79. The minimum Gasteiger partial charge on any atom is -0.299 e. The monoisotopic (exact) mass is 357 g/mol. The molecule has 2 aromatic rings. The van der Waals surface area contributed by atoms with Gasteiger partial charge in [-0.05, 0) is 37.6 Å². The van der Waals surface area contributed by atoms with Crippen LogP contribution in [0.5, 0.6) is 0 Å². The summed E-state index contributed by atoms with van der Waals surface area (Å²) in [5, 5.41) is 0. The Labute approximate surface area is 140 Å². The molecule has 1 fully saturated rings. The van der Waals surface area contributed by atoms with Crippen LogP contribution in [0.1, 0.15) is 28.8 Å². The normalized spacial score (nSPS) is 16.6. The number of likely N-dealkylation sites (tertiary alicyclic amines) is 1. The summed E-state index contributed by atoms with van der Waals surface area (Å²) in [4.78, 5) is 14.9. The Morgan fingerprint density at radius 1 is 1.00 bits per heavy atom. The van der Waals surface area contributed by atoms with E-state index in [2.05, 4.69) is 39.0 Å². The molecule has 0 amide bonds. The van der Waals surface area contributed by atoms with Crippen LogP contribution in [0.4, 0.5) is 0 Å². The first-order chi connectivity index (χ1) is 10.7. The molecule has 1 aliphatic heterocycles. The van der Waals surface area contributed by atoms with Crippen molar-refractivity contribution in [3.63, 3.8) is 0 Å². The van der Waals surface area contributed by atoms with Gasteiger partial charge in [0.15, 0.2) is 5.78 Å². The van der Waals surface area contributed by atoms with Crippen molar-refractivity contribution in [2.75, 3.05) is 13.1 Å². The summed E-state index contributed by atoms with van der Waals surface area (Å²) >= 11 is 3.61. The SMILES string of the molecule is O=C(c1ccccc1)C1CCN(Cc2ccccc2Br)CC1. The van der Waals surface area contributed by atoms with Crippen molar-refractivity contribution in [2.45, 2.75) is 19.4 Å². The van der Waals surface area contributed by atoms with Crippen LogP contribution in [0.2, 0.25) is 0 Å². The van der Waals surface area contributed by atoms with Gasteiger partial charge in [0.1, 0.15) is 0 Å². The maximum Gasteiger partial charge on any atom is 0.166 e. The van der Waals surface area contributed by atoms with Gasteiger partial charge in [0.25, 0.3) is 0 Å². The van der Waals surface area contributed by atoms with Gasteiger partial charge in [-0.15, -0.1) is 0 Å². The molecule has 0 spiro atoms. The van der Waals surface area contributed by atoms with Crippen molar-refractivity contribution in [3.05, 3.63) is 70.2 Å². The zero-order valence-corrected chi connectivity index (χ0v) is 14.1. The van der Waals surface area contributed by atoms with Crippen LogP contribution in [0, 0.1) is 5.92 Å². The predicted molar refractivity (Wildman–Crippen MR) is 92.9 cm³/mol. The minimum atomic E-state index is 0.179. The molecule has 2 nitrogen and oxygen atoms in total. The van der Waals surface area contributed by atoms with Crippen LogP contribution in [0.15, 0.2) is 59.1 Å². The number of ketones is 1. The van der Waals surface area contributed by atoms with Crippen LogP contribution >= 0.6 is 15.9 Å². The predicted octanol–water partition coefficient (Wildman–Crippen LogP) is 4.54. The summed E-state index contributed by atoms with van der Waals surface area (Å²) in [5.41, 5.74) is 2.17. The molecule has 3 rings (SSSR count). The fourth-order valence-corrected chi connectivity index (χ4v) is 3.47. The number of hydrogen-bond acceptors (Lipinski definition) is 2. The Hall–Kier alpha value is -1.45. The summed E-state index contributed by atoms with van der Waals surface area (Å²) in [5.74, 6) is 0.485. The number of hydrogen-bond donors (Lipinski definition) is 0. The Kier molecular flexibility index (Phi) is 5.06. The van der Waals surface area contributed by atoms with Gasteiger partial charge in [-0.3, -0.25) is 9.69 Å². The van der Waals surface area contributed by atoms with Crippen molar-refractivity contribution < 1.29 is 4.79 Å². The molecule has 0 unspecified atom stereocenters. The summed E-state index contributed by atoms with van der Waals surface area (Å²) < 4.78 is 1.16. The van der Waals surface area contributed by atoms with E-state index in [9.17, 15) is 4.79 Å². The van der Waals surface area contributed by atoms with Gasteiger partial charge in [-0.1, -0.05) is 64.5 Å². The number of carbonyl (C=O) groups excluding carboxylic acids is 1. The molecule has 0 bridgehead atoms. The third-order valence-electron chi connectivity index (χ3n) is 4.37. The molecule has 3 heteroatoms. The number of piperidine rings is 1. The number of Topliss-reactive ketones (excluding diaryl/α,β-unsaturated/α-hetero) is 1. The first-order valence-corrected chi connectivity index (χ1v) is 8.58. The van der Waals surface area contributed by atoms with Crippen molar-refractivity contribution in [1.82, 2.24) is 4.90 Å². The number of halogens is 1. The van der Waals surface area contributed by atoms with Crippen LogP contribution in [0.25, 0.3) is 0 Å². The average molecular weight is 358 g/mol. The van der Waals surface area contributed by atoms with Gasteiger partial charge in [0.2, 0.25) is 0 Å². The second-order valence-electron chi connectivity index (χ2n) is 5.87. The molecule has 0 N–H and O–H groups in total. The highest BCUT2D eigenvalue weighted by molar-refractivity contribution is 9.10. The van der Waals surface area contributed by atoms with Crippen molar-refractivity contribution in [2.24, 2.45) is 5.92 Å². The summed E-state index contributed by atoms with van der Waals surface area (Å²) in [6.07, 6.45) is 1.91. The van der Waals surface area contributed by atoms with Crippen LogP contribution < -0.4 is 0 Å². The molecule has 2 aromatic carbocycles. The molecule has 1 heterocycles. The Bertz CT molecular complexity index is 633. The molecule has 0 atom stereocenters. The molecule has 1 aliphatic rings. The van der Waals surface area contributed by atoms with Gasteiger partial charge >= 0.3 is 0 Å². The lowest BCUT2D eigenvalue weighted by atomic mass is 9.89. The molecular weight excluding hydrogens is 338 g/mol. The lowest BCUT2D eigenvalue weighted by molar-refractivity contribution is 0.0834. The second-order valence-corrected chi connectivity index (χ2v) is 6.73. The van der Waals surface area contributed by atoms with Crippen LogP contribution in [-0.4, -0.2) is 23.8 Å². The number of rotatable bonds is 4. The first kappa shape index (κ1) is 15.4. The maximum atomic E-state index is 12.5. The molecule has 0 aliphatic carbocycles.